The predicted octanol–water partition coefficient (Wildman–Crippen LogP) is 5.95. The van der Waals surface area contributed by atoms with Gasteiger partial charge in [0.2, 0.25) is 0 Å². The molecule has 1 saturated carbocycles. The van der Waals surface area contributed by atoms with E-state index in [0.717, 1.165) is 50.8 Å². The first kappa shape index (κ1) is 23.7. The Morgan fingerprint density at radius 1 is 1.03 bits per heavy atom. The molecule has 1 atom stereocenters. The number of rotatable bonds is 12. The number of unbranched alkanes of at least 4 members (excludes halogenated alkanes) is 4. The lowest BCUT2D eigenvalue weighted by molar-refractivity contribution is -0.167. The number of carbonyl (C=O) groups excluding carboxylic acids is 1. The summed E-state index contributed by atoms with van der Waals surface area (Å²) in [5.41, 5.74) is 0.842. The normalized spacial score (nSPS) is 17.1. The van der Waals surface area contributed by atoms with Crippen molar-refractivity contribution in [2.24, 2.45) is 0 Å². The number of methoxy groups -OCH3 is 1. The highest BCUT2D eigenvalue weighted by atomic mass is 16.6. The van der Waals surface area contributed by atoms with Crippen molar-refractivity contribution >= 4 is 5.97 Å². The average Bonchev–Trinajstić information content (AvgIpc) is 2.72. The van der Waals surface area contributed by atoms with Gasteiger partial charge in [-0.2, -0.15) is 0 Å². The standard InChI is InChI=1S/C25H41NO3/c1-5-6-7-8-10-13-24(27)29-25(18-11-9-12-19-25)23(20-26(2)3)21-14-16-22(28-4)17-15-21/h14-17,23H,5-13,18-20H2,1-4H3. The first-order chi connectivity index (χ1) is 14.0. The molecule has 0 aliphatic heterocycles. The first-order valence-electron chi connectivity index (χ1n) is 11.5. The van der Waals surface area contributed by atoms with Crippen LogP contribution in [-0.2, 0) is 9.53 Å². The monoisotopic (exact) mass is 403 g/mol. The van der Waals surface area contributed by atoms with E-state index in [0.29, 0.717) is 6.42 Å². The van der Waals surface area contributed by atoms with Crippen LogP contribution in [-0.4, -0.2) is 44.2 Å². The van der Waals surface area contributed by atoms with Gasteiger partial charge in [-0.3, -0.25) is 4.79 Å². The lowest BCUT2D eigenvalue weighted by Crippen LogP contribution is -2.46. The van der Waals surface area contributed by atoms with Crippen molar-refractivity contribution in [3.8, 4) is 5.75 Å². The van der Waals surface area contributed by atoms with E-state index in [1.165, 1.54) is 31.2 Å². The minimum Gasteiger partial charge on any atom is -0.497 e. The second-order valence-corrected chi connectivity index (χ2v) is 8.85. The van der Waals surface area contributed by atoms with Gasteiger partial charge in [0.15, 0.2) is 0 Å². The highest BCUT2D eigenvalue weighted by molar-refractivity contribution is 5.70. The molecule has 4 heteroatoms. The summed E-state index contributed by atoms with van der Waals surface area (Å²) in [6.45, 7) is 3.08. The zero-order valence-corrected chi connectivity index (χ0v) is 19.0. The third kappa shape index (κ3) is 7.33. The minimum absolute atomic E-state index is 0.0133. The summed E-state index contributed by atoms with van der Waals surface area (Å²) in [6, 6.07) is 8.32. The molecule has 0 radical (unpaired) electrons. The van der Waals surface area contributed by atoms with Crippen molar-refractivity contribution in [1.29, 1.82) is 0 Å². The van der Waals surface area contributed by atoms with E-state index in [2.05, 4.69) is 38.1 Å². The van der Waals surface area contributed by atoms with Crippen LogP contribution in [0.15, 0.2) is 24.3 Å². The quantitative estimate of drug-likeness (QED) is 0.319. The van der Waals surface area contributed by atoms with Crippen LogP contribution in [0.1, 0.15) is 89.0 Å². The molecule has 0 spiro atoms. The number of hydrogen-bond donors (Lipinski definition) is 0. The summed E-state index contributed by atoms with van der Waals surface area (Å²) in [4.78, 5) is 15.0. The van der Waals surface area contributed by atoms with Gasteiger partial charge < -0.3 is 14.4 Å². The van der Waals surface area contributed by atoms with Gasteiger partial charge in [-0.15, -0.1) is 0 Å². The summed E-state index contributed by atoms with van der Waals surface area (Å²) in [7, 11) is 5.89. The molecule has 0 heterocycles. The molecule has 0 amide bonds. The number of carbonyl (C=O) groups is 1. The van der Waals surface area contributed by atoms with E-state index in [4.69, 9.17) is 9.47 Å². The Morgan fingerprint density at radius 3 is 2.28 bits per heavy atom. The van der Waals surface area contributed by atoms with Crippen LogP contribution in [0.2, 0.25) is 0 Å². The van der Waals surface area contributed by atoms with Gasteiger partial charge in [0.05, 0.1) is 7.11 Å². The SMILES string of the molecule is CCCCCCCC(=O)OC1(C(CN(C)C)c2ccc(OC)cc2)CCCCC1. The van der Waals surface area contributed by atoms with Crippen LogP contribution in [0, 0.1) is 0 Å². The Kier molecular flexibility index (Phi) is 9.99. The topological polar surface area (TPSA) is 38.8 Å². The van der Waals surface area contributed by atoms with Crippen LogP contribution < -0.4 is 4.74 Å². The van der Waals surface area contributed by atoms with E-state index in [1.807, 2.05) is 12.1 Å². The molecular formula is C25H41NO3. The Balaban J connectivity index is 2.16. The Morgan fingerprint density at radius 2 is 1.69 bits per heavy atom. The van der Waals surface area contributed by atoms with Crippen LogP contribution in [0.25, 0.3) is 0 Å². The summed E-state index contributed by atoms with van der Waals surface area (Å²) >= 11 is 0. The molecule has 1 aromatic rings. The van der Waals surface area contributed by atoms with E-state index >= 15 is 0 Å². The molecule has 0 N–H and O–H groups in total. The molecule has 2 rings (SSSR count). The number of hydrogen-bond acceptors (Lipinski definition) is 4. The fraction of sp³-hybridized carbons (Fsp3) is 0.720. The summed E-state index contributed by atoms with van der Waals surface area (Å²) in [6.07, 6.45) is 11.7. The summed E-state index contributed by atoms with van der Waals surface area (Å²) in [5, 5.41) is 0. The first-order valence-corrected chi connectivity index (χ1v) is 11.5. The highest BCUT2D eigenvalue weighted by Gasteiger charge is 2.44. The maximum absolute atomic E-state index is 12.8. The Hall–Kier alpha value is -1.55. The van der Waals surface area contributed by atoms with Crippen molar-refractivity contribution in [2.75, 3.05) is 27.7 Å². The predicted molar refractivity (Wildman–Crippen MR) is 120 cm³/mol. The van der Waals surface area contributed by atoms with Crippen LogP contribution in [0.3, 0.4) is 0 Å². The molecule has 1 aliphatic carbocycles. The molecule has 1 aliphatic rings. The van der Waals surface area contributed by atoms with Crippen LogP contribution in [0.5, 0.6) is 5.75 Å². The molecule has 1 unspecified atom stereocenters. The lowest BCUT2D eigenvalue weighted by atomic mass is 9.72. The summed E-state index contributed by atoms with van der Waals surface area (Å²) in [5.74, 6) is 1.02. The van der Waals surface area contributed by atoms with E-state index in [9.17, 15) is 4.79 Å². The smallest absolute Gasteiger partial charge is 0.306 e. The molecule has 29 heavy (non-hydrogen) atoms. The molecule has 0 aromatic heterocycles. The van der Waals surface area contributed by atoms with Crippen molar-refractivity contribution in [3.05, 3.63) is 29.8 Å². The number of esters is 1. The van der Waals surface area contributed by atoms with Gasteiger partial charge in [-0.05, 0) is 63.9 Å². The van der Waals surface area contributed by atoms with Gasteiger partial charge in [0, 0.05) is 18.9 Å². The van der Waals surface area contributed by atoms with Gasteiger partial charge in [-0.1, -0.05) is 51.2 Å². The second-order valence-electron chi connectivity index (χ2n) is 8.85. The van der Waals surface area contributed by atoms with E-state index in [-0.39, 0.29) is 11.9 Å². The second kappa shape index (κ2) is 12.2. The van der Waals surface area contributed by atoms with E-state index in [1.54, 1.807) is 7.11 Å². The minimum atomic E-state index is -0.391. The van der Waals surface area contributed by atoms with E-state index < -0.39 is 5.60 Å². The average molecular weight is 404 g/mol. The summed E-state index contributed by atoms with van der Waals surface area (Å²) < 4.78 is 11.7. The maximum atomic E-state index is 12.8. The van der Waals surface area contributed by atoms with Gasteiger partial charge in [0.25, 0.3) is 0 Å². The number of ether oxygens (including phenoxy) is 2. The van der Waals surface area contributed by atoms with Crippen molar-refractivity contribution in [3.63, 3.8) is 0 Å². The molecule has 4 nitrogen and oxygen atoms in total. The number of likely N-dealkylation sites (N-methyl/N-ethyl adjacent to an activating group) is 1. The van der Waals surface area contributed by atoms with Crippen LogP contribution in [0.4, 0.5) is 0 Å². The molecule has 1 aromatic carbocycles. The van der Waals surface area contributed by atoms with Crippen molar-refractivity contribution < 1.29 is 14.3 Å². The van der Waals surface area contributed by atoms with Gasteiger partial charge in [-0.25, -0.2) is 0 Å². The maximum Gasteiger partial charge on any atom is 0.306 e. The number of benzene rings is 1. The van der Waals surface area contributed by atoms with Gasteiger partial charge >= 0.3 is 5.97 Å². The van der Waals surface area contributed by atoms with Gasteiger partial charge in [0.1, 0.15) is 11.4 Å². The van der Waals surface area contributed by atoms with Crippen LogP contribution >= 0.6 is 0 Å². The zero-order valence-electron chi connectivity index (χ0n) is 19.0. The van der Waals surface area contributed by atoms with Crippen molar-refractivity contribution in [2.45, 2.75) is 89.1 Å². The molecule has 1 fully saturated rings. The fourth-order valence-electron chi connectivity index (χ4n) is 4.60. The highest BCUT2D eigenvalue weighted by Crippen LogP contribution is 2.44. The molecular weight excluding hydrogens is 362 g/mol. The lowest BCUT2D eigenvalue weighted by Gasteiger charge is -2.44. The molecule has 0 bridgehead atoms. The molecule has 164 valence electrons. The Labute approximate surface area is 178 Å². The third-order valence-electron chi connectivity index (χ3n) is 6.20. The Bertz CT molecular complexity index is 591. The fourth-order valence-corrected chi connectivity index (χ4v) is 4.60. The largest absolute Gasteiger partial charge is 0.497 e. The molecule has 0 saturated heterocycles. The van der Waals surface area contributed by atoms with Crippen molar-refractivity contribution in [1.82, 2.24) is 4.90 Å². The number of nitrogens with zero attached hydrogens (tertiary/aromatic N) is 1. The zero-order chi connectivity index (χ0) is 21.1. The third-order valence-corrected chi connectivity index (χ3v) is 6.20.